The SMILES string of the molecule is Cc1cc(C)n(CC(C)CNC(=O)NCCc2ccccc2F)n1. The van der Waals surface area contributed by atoms with Gasteiger partial charge < -0.3 is 10.6 Å². The summed E-state index contributed by atoms with van der Waals surface area (Å²) in [5.41, 5.74) is 2.72. The number of hydrogen-bond acceptors (Lipinski definition) is 2. The Morgan fingerprint density at radius 2 is 2.04 bits per heavy atom. The molecule has 0 radical (unpaired) electrons. The van der Waals surface area contributed by atoms with Crippen LogP contribution in [0.4, 0.5) is 9.18 Å². The number of halogens is 1. The number of urea groups is 1. The van der Waals surface area contributed by atoms with Crippen molar-refractivity contribution in [2.75, 3.05) is 13.1 Å². The number of carbonyl (C=O) groups excluding carboxylic acids is 1. The largest absolute Gasteiger partial charge is 0.338 e. The molecule has 0 bridgehead atoms. The van der Waals surface area contributed by atoms with Crippen molar-refractivity contribution in [2.24, 2.45) is 5.92 Å². The van der Waals surface area contributed by atoms with Crippen LogP contribution in [-0.2, 0) is 13.0 Å². The molecule has 0 aliphatic rings. The smallest absolute Gasteiger partial charge is 0.314 e. The molecule has 1 unspecified atom stereocenters. The summed E-state index contributed by atoms with van der Waals surface area (Å²) in [5, 5.41) is 10.0. The Labute approximate surface area is 142 Å². The topological polar surface area (TPSA) is 59.0 Å². The molecule has 1 atom stereocenters. The molecule has 0 aliphatic carbocycles. The molecule has 2 rings (SSSR count). The molecule has 1 heterocycles. The fourth-order valence-electron chi connectivity index (χ4n) is 2.56. The number of rotatable bonds is 7. The maximum atomic E-state index is 13.5. The number of hydrogen-bond donors (Lipinski definition) is 2. The first-order chi connectivity index (χ1) is 11.5. The fourth-order valence-corrected chi connectivity index (χ4v) is 2.56. The molecule has 1 aromatic heterocycles. The van der Waals surface area contributed by atoms with Crippen LogP contribution in [0.5, 0.6) is 0 Å². The minimum absolute atomic E-state index is 0.230. The van der Waals surface area contributed by atoms with Gasteiger partial charge in [-0.1, -0.05) is 25.1 Å². The second-order valence-corrected chi connectivity index (χ2v) is 6.19. The Morgan fingerprint density at radius 1 is 1.29 bits per heavy atom. The normalized spacial score (nSPS) is 12.0. The van der Waals surface area contributed by atoms with Gasteiger partial charge in [0.15, 0.2) is 0 Å². The zero-order chi connectivity index (χ0) is 17.5. The minimum atomic E-state index is -0.238. The molecule has 0 saturated heterocycles. The summed E-state index contributed by atoms with van der Waals surface area (Å²) in [7, 11) is 0. The van der Waals surface area contributed by atoms with E-state index in [1.807, 2.05) is 24.6 Å². The number of nitrogens with zero attached hydrogens (tertiary/aromatic N) is 2. The van der Waals surface area contributed by atoms with Crippen LogP contribution in [0.15, 0.2) is 30.3 Å². The maximum absolute atomic E-state index is 13.5. The Balaban J connectivity index is 1.67. The third kappa shape index (κ3) is 5.37. The number of nitrogens with one attached hydrogen (secondary N) is 2. The number of carbonyl (C=O) groups is 1. The van der Waals surface area contributed by atoms with Crippen molar-refractivity contribution >= 4 is 6.03 Å². The van der Waals surface area contributed by atoms with E-state index in [-0.39, 0.29) is 17.8 Å². The molecule has 130 valence electrons. The molecule has 2 aromatic rings. The van der Waals surface area contributed by atoms with Crippen molar-refractivity contribution in [1.29, 1.82) is 0 Å². The highest BCUT2D eigenvalue weighted by Gasteiger charge is 2.09. The number of amides is 2. The van der Waals surface area contributed by atoms with E-state index in [0.29, 0.717) is 25.1 Å². The Kier molecular flexibility index (Phi) is 6.35. The van der Waals surface area contributed by atoms with E-state index in [1.54, 1.807) is 18.2 Å². The van der Waals surface area contributed by atoms with E-state index in [9.17, 15) is 9.18 Å². The van der Waals surface area contributed by atoms with Crippen molar-refractivity contribution in [2.45, 2.75) is 33.7 Å². The molecule has 1 aromatic carbocycles. The van der Waals surface area contributed by atoms with Crippen LogP contribution >= 0.6 is 0 Å². The number of aryl methyl sites for hydroxylation is 2. The summed E-state index contributed by atoms with van der Waals surface area (Å²) in [6, 6.07) is 8.41. The quantitative estimate of drug-likeness (QED) is 0.819. The van der Waals surface area contributed by atoms with Crippen LogP contribution in [0.2, 0.25) is 0 Å². The van der Waals surface area contributed by atoms with E-state index >= 15 is 0 Å². The van der Waals surface area contributed by atoms with Gasteiger partial charge in [-0.15, -0.1) is 0 Å². The molecule has 6 heteroatoms. The van der Waals surface area contributed by atoms with Gasteiger partial charge in [0, 0.05) is 25.3 Å². The van der Waals surface area contributed by atoms with Crippen molar-refractivity contribution in [1.82, 2.24) is 20.4 Å². The van der Waals surface area contributed by atoms with Crippen molar-refractivity contribution < 1.29 is 9.18 Å². The van der Waals surface area contributed by atoms with Crippen molar-refractivity contribution in [3.05, 3.63) is 53.1 Å². The van der Waals surface area contributed by atoms with Crippen LogP contribution in [0.1, 0.15) is 23.9 Å². The second kappa shape index (κ2) is 8.47. The van der Waals surface area contributed by atoms with E-state index in [0.717, 1.165) is 17.9 Å². The molecular weight excluding hydrogens is 307 g/mol. The van der Waals surface area contributed by atoms with Gasteiger partial charge in [-0.05, 0) is 43.9 Å². The van der Waals surface area contributed by atoms with Gasteiger partial charge in [0.2, 0.25) is 0 Å². The predicted molar refractivity (Wildman–Crippen MR) is 92.4 cm³/mol. The Morgan fingerprint density at radius 3 is 2.71 bits per heavy atom. The summed E-state index contributed by atoms with van der Waals surface area (Å²) in [6.07, 6.45) is 0.474. The highest BCUT2D eigenvalue weighted by atomic mass is 19.1. The van der Waals surface area contributed by atoms with E-state index < -0.39 is 0 Å². The summed E-state index contributed by atoms with van der Waals surface area (Å²) < 4.78 is 15.4. The maximum Gasteiger partial charge on any atom is 0.314 e. The second-order valence-electron chi connectivity index (χ2n) is 6.19. The average molecular weight is 332 g/mol. The van der Waals surface area contributed by atoms with Crippen LogP contribution in [0, 0.1) is 25.6 Å². The molecule has 2 amide bonds. The van der Waals surface area contributed by atoms with Crippen LogP contribution in [0.3, 0.4) is 0 Å². The minimum Gasteiger partial charge on any atom is -0.338 e. The fraction of sp³-hybridized carbons (Fsp3) is 0.444. The summed E-state index contributed by atoms with van der Waals surface area (Å²) in [6.45, 7) is 7.78. The zero-order valence-electron chi connectivity index (χ0n) is 14.5. The lowest BCUT2D eigenvalue weighted by Crippen LogP contribution is -2.39. The Bertz CT molecular complexity index is 683. The molecule has 0 saturated carbocycles. The van der Waals surface area contributed by atoms with E-state index in [4.69, 9.17) is 0 Å². The van der Waals surface area contributed by atoms with Crippen LogP contribution in [-0.4, -0.2) is 28.9 Å². The van der Waals surface area contributed by atoms with Crippen molar-refractivity contribution in [3.63, 3.8) is 0 Å². The molecule has 5 nitrogen and oxygen atoms in total. The van der Waals surface area contributed by atoms with Gasteiger partial charge in [-0.25, -0.2) is 9.18 Å². The summed E-state index contributed by atoms with van der Waals surface area (Å²) in [4.78, 5) is 11.8. The number of aromatic nitrogens is 2. The lowest BCUT2D eigenvalue weighted by molar-refractivity contribution is 0.238. The summed E-state index contributed by atoms with van der Waals surface area (Å²) >= 11 is 0. The predicted octanol–water partition coefficient (Wildman–Crippen LogP) is 2.82. The Hall–Kier alpha value is -2.37. The lowest BCUT2D eigenvalue weighted by atomic mass is 10.1. The third-order valence-electron chi connectivity index (χ3n) is 3.84. The lowest BCUT2D eigenvalue weighted by Gasteiger charge is -2.14. The molecule has 0 fully saturated rings. The van der Waals surface area contributed by atoms with Gasteiger partial charge in [-0.2, -0.15) is 5.10 Å². The van der Waals surface area contributed by atoms with Gasteiger partial charge in [0.25, 0.3) is 0 Å². The first-order valence-corrected chi connectivity index (χ1v) is 8.22. The number of benzene rings is 1. The first kappa shape index (κ1) is 18.0. The van der Waals surface area contributed by atoms with Crippen LogP contribution < -0.4 is 10.6 Å². The highest BCUT2D eigenvalue weighted by Crippen LogP contribution is 2.07. The van der Waals surface area contributed by atoms with Gasteiger partial charge >= 0.3 is 6.03 Å². The van der Waals surface area contributed by atoms with Gasteiger partial charge in [0.1, 0.15) is 5.82 Å². The monoisotopic (exact) mass is 332 g/mol. The molecule has 2 N–H and O–H groups in total. The van der Waals surface area contributed by atoms with Gasteiger partial charge in [0.05, 0.1) is 5.69 Å². The van der Waals surface area contributed by atoms with E-state index in [2.05, 4.69) is 22.7 Å². The molecule has 24 heavy (non-hydrogen) atoms. The first-order valence-electron chi connectivity index (χ1n) is 8.22. The van der Waals surface area contributed by atoms with Crippen molar-refractivity contribution in [3.8, 4) is 0 Å². The highest BCUT2D eigenvalue weighted by molar-refractivity contribution is 5.73. The van der Waals surface area contributed by atoms with Gasteiger partial charge in [-0.3, -0.25) is 4.68 Å². The zero-order valence-corrected chi connectivity index (χ0v) is 14.5. The molecular formula is C18H25FN4O. The standard InChI is InChI=1S/C18H25FN4O/c1-13(12-23-15(3)10-14(2)22-23)11-21-18(24)20-9-8-16-6-4-5-7-17(16)19/h4-7,10,13H,8-9,11-12H2,1-3H3,(H2,20,21,24). The van der Waals surface area contributed by atoms with E-state index in [1.165, 1.54) is 6.07 Å². The van der Waals surface area contributed by atoms with Crippen LogP contribution in [0.25, 0.3) is 0 Å². The average Bonchev–Trinajstić information content (AvgIpc) is 2.85. The summed E-state index contributed by atoms with van der Waals surface area (Å²) in [5.74, 6) is 0.0264. The third-order valence-corrected chi connectivity index (χ3v) is 3.84. The molecule has 0 aliphatic heterocycles. The molecule has 0 spiro atoms.